The first kappa shape index (κ1) is 22.9. The quantitative estimate of drug-likeness (QED) is 0.405. The van der Waals surface area contributed by atoms with Crippen molar-refractivity contribution in [3.8, 4) is 23.0 Å². The Kier molecular flexibility index (Phi) is 7.72. The van der Waals surface area contributed by atoms with E-state index in [1.807, 2.05) is 80.6 Å². The highest BCUT2D eigenvalue weighted by molar-refractivity contribution is 5.48. The summed E-state index contributed by atoms with van der Waals surface area (Å²) in [5.74, 6) is 2.63. The standard InChI is InChI=1S/C27H33NO3/c1-6-24(28-18(2)3)27(29)21-11-16-25(30-22-12-7-19(4)8-13-22)26(17-21)31-23-14-9-20(5)10-15-23/h7-18,24,27-29H,6H2,1-5H3. The van der Waals surface area contributed by atoms with Gasteiger partial charge in [0.2, 0.25) is 0 Å². The van der Waals surface area contributed by atoms with Gasteiger partial charge in [0.25, 0.3) is 0 Å². The molecule has 0 amide bonds. The van der Waals surface area contributed by atoms with E-state index in [-0.39, 0.29) is 12.1 Å². The minimum atomic E-state index is -0.652. The zero-order valence-electron chi connectivity index (χ0n) is 19.1. The molecule has 0 saturated heterocycles. The van der Waals surface area contributed by atoms with Gasteiger partial charge in [-0.15, -0.1) is 0 Å². The van der Waals surface area contributed by atoms with E-state index in [9.17, 15) is 5.11 Å². The second-order valence-corrected chi connectivity index (χ2v) is 8.32. The molecule has 4 heteroatoms. The van der Waals surface area contributed by atoms with Gasteiger partial charge in [0, 0.05) is 12.1 Å². The van der Waals surface area contributed by atoms with Crippen molar-refractivity contribution in [3.05, 3.63) is 83.4 Å². The zero-order chi connectivity index (χ0) is 22.4. The van der Waals surface area contributed by atoms with E-state index < -0.39 is 6.10 Å². The molecule has 31 heavy (non-hydrogen) atoms. The summed E-state index contributed by atoms with van der Waals surface area (Å²) in [4.78, 5) is 0. The van der Waals surface area contributed by atoms with Crippen molar-refractivity contribution in [2.75, 3.05) is 0 Å². The summed E-state index contributed by atoms with van der Waals surface area (Å²) in [6.45, 7) is 10.3. The van der Waals surface area contributed by atoms with Gasteiger partial charge < -0.3 is 19.9 Å². The van der Waals surface area contributed by atoms with E-state index in [0.29, 0.717) is 11.5 Å². The lowest BCUT2D eigenvalue weighted by molar-refractivity contribution is 0.121. The Morgan fingerprint density at radius 2 is 1.29 bits per heavy atom. The third-order valence-electron chi connectivity index (χ3n) is 5.18. The Hall–Kier alpha value is -2.82. The molecule has 0 aromatic heterocycles. The first-order valence-electron chi connectivity index (χ1n) is 10.9. The second-order valence-electron chi connectivity index (χ2n) is 8.32. The number of aryl methyl sites for hydroxylation is 2. The number of hydrogen-bond acceptors (Lipinski definition) is 4. The molecule has 164 valence electrons. The monoisotopic (exact) mass is 419 g/mol. The molecule has 0 fully saturated rings. The molecule has 0 bridgehead atoms. The van der Waals surface area contributed by atoms with Crippen molar-refractivity contribution in [3.63, 3.8) is 0 Å². The molecule has 0 radical (unpaired) electrons. The van der Waals surface area contributed by atoms with Crippen molar-refractivity contribution >= 4 is 0 Å². The van der Waals surface area contributed by atoms with Gasteiger partial charge in [0.1, 0.15) is 11.5 Å². The van der Waals surface area contributed by atoms with E-state index in [1.54, 1.807) is 0 Å². The van der Waals surface area contributed by atoms with Crippen LogP contribution in [0.3, 0.4) is 0 Å². The molecule has 4 nitrogen and oxygen atoms in total. The molecule has 0 saturated carbocycles. The van der Waals surface area contributed by atoms with Crippen LogP contribution in [0.2, 0.25) is 0 Å². The lowest BCUT2D eigenvalue weighted by Gasteiger charge is -2.26. The van der Waals surface area contributed by atoms with E-state index >= 15 is 0 Å². The Bertz CT molecular complexity index is 965. The zero-order valence-corrected chi connectivity index (χ0v) is 19.1. The highest BCUT2D eigenvalue weighted by atomic mass is 16.5. The molecule has 3 rings (SSSR count). The third-order valence-corrected chi connectivity index (χ3v) is 5.18. The van der Waals surface area contributed by atoms with Crippen LogP contribution in [0.4, 0.5) is 0 Å². The first-order chi connectivity index (χ1) is 14.9. The Morgan fingerprint density at radius 1 is 0.774 bits per heavy atom. The van der Waals surface area contributed by atoms with Crippen LogP contribution in [-0.2, 0) is 0 Å². The highest BCUT2D eigenvalue weighted by Crippen LogP contribution is 2.37. The molecule has 0 spiro atoms. The number of hydrogen-bond donors (Lipinski definition) is 2. The van der Waals surface area contributed by atoms with Gasteiger partial charge >= 0.3 is 0 Å². The number of benzene rings is 3. The Morgan fingerprint density at radius 3 is 1.77 bits per heavy atom. The van der Waals surface area contributed by atoms with Crippen LogP contribution in [-0.4, -0.2) is 17.2 Å². The SMILES string of the molecule is CCC(NC(C)C)C(O)c1ccc(Oc2ccc(C)cc2)c(Oc2ccc(C)cc2)c1. The number of rotatable bonds is 9. The molecule has 3 aromatic rings. The van der Waals surface area contributed by atoms with Gasteiger partial charge in [-0.3, -0.25) is 0 Å². The predicted octanol–water partition coefficient (Wildman–Crippen LogP) is 6.70. The summed E-state index contributed by atoms with van der Waals surface area (Å²) in [6.07, 6.45) is 0.163. The van der Waals surface area contributed by atoms with E-state index in [1.165, 1.54) is 5.56 Å². The maximum atomic E-state index is 11.0. The summed E-state index contributed by atoms with van der Waals surface area (Å²) in [5, 5.41) is 14.4. The van der Waals surface area contributed by atoms with Gasteiger partial charge in [-0.25, -0.2) is 0 Å². The summed E-state index contributed by atoms with van der Waals surface area (Å²) in [6, 6.07) is 21.7. The molecule has 2 N–H and O–H groups in total. The maximum absolute atomic E-state index is 11.0. The molecule has 0 aliphatic carbocycles. The van der Waals surface area contributed by atoms with Crippen LogP contribution in [0.15, 0.2) is 66.7 Å². The van der Waals surface area contributed by atoms with Gasteiger partial charge in [0.15, 0.2) is 11.5 Å². The van der Waals surface area contributed by atoms with E-state index in [2.05, 4.69) is 26.1 Å². The summed E-state index contributed by atoms with van der Waals surface area (Å²) >= 11 is 0. The third kappa shape index (κ3) is 6.33. The van der Waals surface area contributed by atoms with Crippen molar-refractivity contribution in [2.24, 2.45) is 0 Å². The lowest BCUT2D eigenvalue weighted by Crippen LogP contribution is -2.38. The molecular weight excluding hydrogens is 386 g/mol. The van der Waals surface area contributed by atoms with Crippen LogP contribution < -0.4 is 14.8 Å². The smallest absolute Gasteiger partial charge is 0.170 e. The fourth-order valence-corrected chi connectivity index (χ4v) is 3.43. The molecular formula is C27H33NO3. The second kappa shape index (κ2) is 10.5. The fraction of sp³-hybridized carbons (Fsp3) is 0.333. The number of nitrogens with one attached hydrogen (secondary N) is 1. The lowest BCUT2D eigenvalue weighted by atomic mass is 9.99. The first-order valence-corrected chi connectivity index (χ1v) is 10.9. The average molecular weight is 420 g/mol. The van der Waals surface area contributed by atoms with Gasteiger partial charge in [-0.05, 0) is 62.2 Å². The number of aliphatic hydroxyl groups excluding tert-OH is 1. The van der Waals surface area contributed by atoms with Crippen LogP contribution >= 0.6 is 0 Å². The summed E-state index contributed by atoms with van der Waals surface area (Å²) < 4.78 is 12.3. The predicted molar refractivity (Wildman–Crippen MR) is 126 cm³/mol. The molecule has 2 unspecified atom stereocenters. The average Bonchev–Trinajstić information content (AvgIpc) is 2.75. The molecule has 3 aromatic carbocycles. The van der Waals surface area contributed by atoms with E-state index in [0.717, 1.165) is 29.0 Å². The fourth-order valence-electron chi connectivity index (χ4n) is 3.43. The minimum Gasteiger partial charge on any atom is -0.453 e. The van der Waals surface area contributed by atoms with Crippen molar-refractivity contribution in [1.29, 1.82) is 0 Å². The van der Waals surface area contributed by atoms with Crippen molar-refractivity contribution in [1.82, 2.24) is 5.32 Å². The highest BCUT2D eigenvalue weighted by Gasteiger charge is 2.22. The van der Waals surface area contributed by atoms with E-state index in [4.69, 9.17) is 9.47 Å². The van der Waals surface area contributed by atoms with Crippen LogP contribution in [0.5, 0.6) is 23.0 Å². The number of ether oxygens (including phenoxy) is 2. The molecule has 0 aliphatic rings. The molecule has 2 atom stereocenters. The largest absolute Gasteiger partial charge is 0.453 e. The van der Waals surface area contributed by atoms with Crippen molar-refractivity contribution in [2.45, 2.75) is 59.2 Å². The minimum absolute atomic E-state index is 0.0453. The van der Waals surface area contributed by atoms with Gasteiger partial charge in [-0.2, -0.15) is 0 Å². The maximum Gasteiger partial charge on any atom is 0.170 e. The Balaban J connectivity index is 1.93. The van der Waals surface area contributed by atoms with Crippen molar-refractivity contribution < 1.29 is 14.6 Å². The summed E-state index contributed by atoms with van der Waals surface area (Å²) in [5.41, 5.74) is 3.13. The summed E-state index contributed by atoms with van der Waals surface area (Å²) in [7, 11) is 0. The van der Waals surface area contributed by atoms with Crippen LogP contribution in [0.1, 0.15) is 50.0 Å². The van der Waals surface area contributed by atoms with Crippen LogP contribution in [0.25, 0.3) is 0 Å². The van der Waals surface area contributed by atoms with Crippen LogP contribution in [0, 0.1) is 13.8 Å². The number of aliphatic hydroxyl groups is 1. The van der Waals surface area contributed by atoms with Gasteiger partial charge in [0.05, 0.1) is 6.10 Å². The Labute approximate surface area is 185 Å². The normalized spacial score (nSPS) is 13.1. The molecule has 0 heterocycles. The topological polar surface area (TPSA) is 50.7 Å². The van der Waals surface area contributed by atoms with Gasteiger partial charge in [-0.1, -0.05) is 62.2 Å². The molecule has 0 aliphatic heterocycles.